The Bertz CT molecular complexity index is 625. The van der Waals surface area contributed by atoms with Crippen molar-refractivity contribution in [3.05, 3.63) is 71.8 Å². The number of nitrogens with one attached hydrogen (secondary N) is 2. The molecule has 2 heteroatoms. The van der Waals surface area contributed by atoms with E-state index < -0.39 is 0 Å². The third-order valence-electron chi connectivity index (χ3n) is 4.29. The van der Waals surface area contributed by atoms with Gasteiger partial charge in [-0.3, -0.25) is 0 Å². The molecular formula is C21H28N2. The minimum atomic E-state index is 0.500. The standard InChI is InChI=1S/C21H28N2/c1-5-20(6-2)23-16(3)19-9-7-8-18(15-19)14-17-10-12-21(22-4)13-11-17/h7-13,15,20,22-23H,3,5-6,14H2,1-2,4H3. The summed E-state index contributed by atoms with van der Waals surface area (Å²) in [6.45, 7) is 8.63. The van der Waals surface area contributed by atoms with Gasteiger partial charge in [0.1, 0.15) is 0 Å². The van der Waals surface area contributed by atoms with Crippen molar-refractivity contribution in [1.29, 1.82) is 0 Å². The highest BCUT2D eigenvalue weighted by Gasteiger charge is 2.06. The average molecular weight is 308 g/mol. The fourth-order valence-electron chi connectivity index (χ4n) is 2.72. The van der Waals surface area contributed by atoms with Gasteiger partial charge < -0.3 is 10.6 Å². The molecule has 0 spiro atoms. The van der Waals surface area contributed by atoms with Gasteiger partial charge in [-0.2, -0.15) is 0 Å². The summed E-state index contributed by atoms with van der Waals surface area (Å²) in [6, 6.07) is 17.8. The quantitative estimate of drug-likeness (QED) is 0.711. The van der Waals surface area contributed by atoms with Gasteiger partial charge in [0.2, 0.25) is 0 Å². The molecule has 122 valence electrons. The first kappa shape index (κ1) is 17.1. The van der Waals surface area contributed by atoms with E-state index in [-0.39, 0.29) is 0 Å². The number of anilines is 1. The third-order valence-corrected chi connectivity index (χ3v) is 4.29. The van der Waals surface area contributed by atoms with Crippen molar-refractivity contribution in [2.45, 2.75) is 39.2 Å². The summed E-state index contributed by atoms with van der Waals surface area (Å²) in [7, 11) is 1.94. The molecule has 23 heavy (non-hydrogen) atoms. The van der Waals surface area contributed by atoms with Gasteiger partial charge in [-0.15, -0.1) is 0 Å². The Labute approximate surface area is 140 Å². The van der Waals surface area contributed by atoms with Gasteiger partial charge in [-0.25, -0.2) is 0 Å². The van der Waals surface area contributed by atoms with Crippen molar-refractivity contribution in [1.82, 2.24) is 5.32 Å². The van der Waals surface area contributed by atoms with E-state index in [0.717, 1.165) is 30.6 Å². The molecule has 2 nitrogen and oxygen atoms in total. The summed E-state index contributed by atoms with van der Waals surface area (Å²) >= 11 is 0. The summed E-state index contributed by atoms with van der Waals surface area (Å²) in [5.74, 6) is 0. The predicted molar refractivity (Wildman–Crippen MR) is 102 cm³/mol. The topological polar surface area (TPSA) is 24.1 Å². The lowest BCUT2D eigenvalue weighted by Gasteiger charge is -2.18. The number of hydrogen-bond donors (Lipinski definition) is 2. The lowest BCUT2D eigenvalue weighted by molar-refractivity contribution is 0.561. The molecule has 0 radical (unpaired) electrons. The summed E-state index contributed by atoms with van der Waals surface area (Å²) < 4.78 is 0. The van der Waals surface area contributed by atoms with Gasteiger partial charge >= 0.3 is 0 Å². The van der Waals surface area contributed by atoms with Crippen molar-refractivity contribution >= 4 is 11.4 Å². The average Bonchev–Trinajstić information content (AvgIpc) is 2.60. The van der Waals surface area contributed by atoms with Crippen LogP contribution in [0, 0.1) is 0 Å². The van der Waals surface area contributed by atoms with Crippen LogP contribution in [0.2, 0.25) is 0 Å². The van der Waals surface area contributed by atoms with Gasteiger partial charge in [-0.1, -0.05) is 50.8 Å². The second-order valence-electron chi connectivity index (χ2n) is 5.96. The summed E-state index contributed by atoms with van der Waals surface area (Å²) in [5.41, 5.74) is 5.98. The van der Waals surface area contributed by atoms with Gasteiger partial charge in [0.05, 0.1) is 0 Å². The van der Waals surface area contributed by atoms with Crippen molar-refractivity contribution < 1.29 is 0 Å². The van der Waals surface area contributed by atoms with Crippen molar-refractivity contribution in [2.75, 3.05) is 12.4 Å². The Balaban J connectivity index is 2.08. The molecule has 0 fully saturated rings. The number of benzene rings is 2. The van der Waals surface area contributed by atoms with Crippen LogP contribution in [0.1, 0.15) is 43.4 Å². The molecule has 2 aromatic rings. The summed E-state index contributed by atoms with van der Waals surface area (Å²) in [5, 5.41) is 6.69. The molecule has 0 aliphatic heterocycles. The molecule has 0 atom stereocenters. The molecule has 2 N–H and O–H groups in total. The molecule has 2 rings (SSSR count). The Morgan fingerprint density at radius 1 is 1.00 bits per heavy atom. The van der Waals surface area contributed by atoms with Crippen LogP contribution in [0.3, 0.4) is 0 Å². The minimum absolute atomic E-state index is 0.500. The van der Waals surface area contributed by atoms with Crippen molar-refractivity contribution in [3.63, 3.8) is 0 Å². The SMILES string of the molecule is C=C(NC(CC)CC)c1cccc(Cc2ccc(NC)cc2)c1. The van der Waals surface area contributed by atoms with Crippen LogP contribution in [-0.2, 0) is 6.42 Å². The van der Waals surface area contributed by atoms with E-state index in [1.807, 2.05) is 7.05 Å². The summed E-state index contributed by atoms with van der Waals surface area (Å²) in [4.78, 5) is 0. The van der Waals surface area contributed by atoms with E-state index in [1.165, 1.54) is 16.7 Å². The molecule has 0 amide bonds. The lowest BCUT2D eigenvalue weighted by atomic mass is 10.0. The van der Waals surface area contributed by atoms with E-state index >= 15 is 0 Å². The molecule has 0 aliphatic rings. The molecule has 0 bridgehead atoms. The highest BCUT2D eigenvalue weighted by atomic mass is 14.9. The first-order chi connectivity index (χ1) is 11.2. The Hall–Kier alpha value is -2.22. The maximum atomic E-state index is 4.21. The van der Waals surface area contributed by atoms with Gasteiger partial charge in [-0.05, 0) is 54.2 Å². The molecule has 0 saturated carbocycles. The minimum Gasteiger partial charge on any atom is -0.388 e. The van der Waals surface area contributed by atoms with Crippen LogP contribution >= 0.6 is 0 Å². The fourth-order valence-corrected chi connectivity index (χ4v) is 2.72. The number of hydrogen-bond acceptors (Lipinski definition) is 2. The largest absolute Gasteiger partial charge is 0.388 e. The maximum Gasteiger partial charge on any atom is 0.0342 e. The van der Waals surface area contributed by atoms with Crippen molar-refractivity contribution in [2.24, 2.45) is 0 Å². The lowest BCUT2D eigenvalue weighted by Crippen LogP contribution is -2.25. The Morgan fingerprint density at radius 2 is 1.70 bits per heavy atom. The first-order valence-corrected chi connectivity index (χ1v) is 8.47. The van der Waals surface area contributed by atoms with Crippen LogP contribution in [0.15, 0.2) is 55.1 Å². The zero-order valence-corrected chi connectivity index (χ0v) is 14.5. The smallest absolute Gasteiger partial charge is 0.0342 e. The van der Waals surface area contributed by atoms with Crippen LogP contribution in [0.5, 0.6) is 0 Å². The number of rotatable bonds is 8. The third kappa shape index (κ3) is 4.88. The molecular weight excluding hydrogens is 280 g/mol. The maximum absolute atomic E-state index is 4.21. The van der Waals surface area contributed by atoms with E-state index in [1.54, 1.807) is 0 Å². The second kappa shape index (κ2) is 8.42. The normalized spacial score (nSPS) is 10.6. The predicted octanol–water partition coefficient (Wildman–Crippen LogP) is 5.07. The molecule has 0 aliphatic carbocycles. The first-order valence-electron chi connectivity index (χ1n) is 8.47. The molecule has 0 unspecified atom stereocenters. The zero-order chi connectivity index (χ0) is 16.7. The molecule has 0 heterocycles. The highest BCUT2D eigenvalue weighted by molar-refractivity contribution is 5.62. The highest BCUT2D eigenvalue weighted by Crippen LogP contribution is 2.18. The van der Waals surface area contributed by atoms with Crippen LogP contribution in [0.4, 0.5) is 5.69 Å². The zero-order valence-electron chi connectivity index (χ0n) is 14.5. The van der Waals surface area contributed by atoms with E-state index in [4.69, 9.17) is 0 Å². The second-order valence-corrected chi connectivity index (χ2v) is 5.96. The van der Waals surface area contributed by atoms with E-state index in [2.05, 4.69) is 79.6 Å². The van der Waals surface area contributed by atoms with Gasteiger partial charge in [0.25, 0.3) is 0 Å². The fraction of sp³-hybridized carbons (Fsp3) is 0.333. The van der Waals surface area contributed by atoms with Crippen LogP contribution in [-0.4, -0.2) is 13.1 Å². The molecule has 0 aromatic heterocycles. The molecule has 0 saturated heterocycles. The molecule has 2 aromatic carbocycles. The van der Waals surface area contributed by atoms with Gasteiger partial charge in [0.15, 0.2) is 0 Å². The van der Waals surface area contributed by atoms with Crippen LogP contribution < -0.4 is 10.6 Å². The van der Waals surface area contributed by atoms with E-state index in [0.29, 0.717) is 6.04 Å². The van der Waals surface area contributed by atoms with Crippen molar-refractivity contribution in [3.8, 4) is 0 Å². The Kier molecular flexibility index (Phi) is 6.28. The van der Waals surface area contributed by atoms with E-state index in [9.17, 15) is 0 Å². The summed E-state index contributed by atoms with van der Waals surface area (Å²) in [6.07, 6.45) is 3.18. The monoisotopic (exact) mass is 308 g/mol. The Morgan fingerprint density at radius 3 is 2.30 bits per heavy atom. The van der Waals surface area contributed by atoms with Crippen LogP contribution in [0.25, 0.3) is 5.70 Å². The van der Waals surface area contributed by atoms with Gasteiger partial charge in [0, 0.05) is 24.5 Å².